The van der Waals surface area contributed by atoms with E-state index in [-0.39, 0.29) is 18.1 Å². The molecule has 0 spiro atoms. The summed E-state index contributed by atoms with van der Waals surface area (Å²) in [6.45, 7) is 2.17. The first kappa shape index (κ1) is 12.2. The Labute approximate surface area is 112 Å². The summed E-state index contributed by atoms with van der Waals surface area (Å²) in [7, 11) is 0. The summed E-state index contributed by atoms with van der Waals surface area (Å²) in [6.07, 6.45) is 1.73. The second-order valence-electron chi connectivity index (χ2n) is 5.07. The lowest BCUT2D eigenvalue weighted by Gasteiger charge is -2.42. The van der Waals surface area contributed by atoms with Crippen LogP contribution >= 0.6 is 0 Å². The van der Waals surface area contributed by atoms with Gasteiger partial charge in [-0.1, -0.05) is 18.2 Å². The molecule has 3 rings (SSSR count). The van der Waals surface area contributed by atoms with E-state index in [0.717, 1.165) is 24.1 Å². The molecule has 0 unspecified atom stereocenters. The number of hydrogen-bond acceptors (Lipinski definition) is 3. The number of rotatable bonds is 1. The fourth-order valence-electron chi connectivity index (χ4n) is 3.18. The Morgan fingerprint density at radius 2 is 2.21 bits per heavy atom. The Kier molecular flexibility index (Phi) is 3.01. The maximum Gasteiger partial charge on any atom is 0.414 e. The smallest absolute Gasteiger partial charge is 0.414 e. The normalized spacial score (nSPS) is 24.9. The van der Waals surface area contributed by atoms with Crippen molar-refractivity contribution in [2.45, 2.75) is 38.1 Å². The minimum Gasteiger partial charge on any atom is -0.449 e. The van der Waals surface area contributed by atoms with E-state index in [1.165, 1.54) is 0 Å². The van der Waals surface area contributed by atoms with E-state index in [0.29, 0.717) is 18.8 Å². The number of para-hydroxylation sites is 1. The fraction of sp³-hybridized carbons (Fsp3) is 0.467. The van der Waals surface area contributed by atoms with Gasteiger partial charge in [-0.15, -0.1) is 0 Å². The van der Waals surface area contributed by atoms with Crippen LogP contribution in [-0.2, 0) is 9.53 Å². The Morgan fingerprint density at radius 1 is 1.42 bits per heavy atom. The summed E-state index contributed by atoms with van der Waals surface area (Å²) < 4.78 is 5.16. The molecule has 2 aliphatic rings. The van der Waals surface area contributed by atoms with Crippen molar-refractivity contribution in [2.75, 3.05) is 11.5 Å². The standard InChI is InChI=1S/C15H17NO3/c1-2-19-15(18)16-10-7-8-14(17)12(9-10)11-5-3-4-6-13(11)16/h3-6,10,12H,2,7-9H2,1H3/t10-,12+/m1/s1. The van der Waals surface area contributed by atoms with E-state index in [1.54, 1.807) is 11.8 Å². The molecule has 1 amide bonds. The van der Waals surface area contributed by atoms with Gasteiger partial charge in [0.25, 0.3) is 0 Å². The highest BCUT2D eigenvalue weighted by molar-refractivity contribution is 5.96. The monoisotopic (exact) mass is 259 g/mol. The van der Waals surface area contributed by atoms with E-state index in [4.69, 9.17) is 4.74 Å². The van der Waals surface area contributed by atoms with Crippen molar-refractivity contribution < 1.29 is 14.3 Å². The van der Waals surface area contributed by atoms with Gasteiger partial charge in [-0.3, -0.25) is 9.69 Å². The first-order valence-electron chi connectivity index (χ1n) is 6.80. The number of benzene rings is 1. The zero-order chi connectivity index (χ0) is 13.4. The van der Waals surface area contributed by atoms with Crippen LogP contribution in [0.25, 0.3) is 0 Å². The topological polar surface area (TPSA) is 46.6 Å². The largest absolute Gasteiger partial charge is 0.449 e. The van der Waals surface area contributed by atoms with Crippen LogP contribution in [0.5, 0.6) is 0 Å². The molecule has 100 valence electrons. The highest BCUT2D eigenvalue weighted by Crippen LogP contribution is 2.44. The van der Waals surface area contributed by atoms with Gasteiger partial charge in [-0.2, -0.15) is 0 Å². The number of ether oxygens (including phenoxy) is 1. The molecule has 0 N–H and O–H groups in total. The molecule has 1 aliphatic heterocycles. The minimum atomic E-state index is -0.298. The number of amides is 1. The lowest BCUT2D eigenvalue weighted by molar-refractivity contribution is -0.122. The zero-order valence-corrected chi connectivity index (χ0v) is 11.0. The Bertz CT molecular complexity index is 526. The van der Waals surface area contributed by atoms with Gasteiger partial charge >= 0.3 is 6.09 Å². The van der Waals surface area contributed by atoms with Crippen LogP contribution in [0, 0.1) is 0 Å². The summed E-state index contributed by atoms with van der Waals surface area (Å²) in [5.41, 5.74) is 1.81. The number of fused-ring (bicyclic) bond motifs is 4. The van der Waals surface area contributed by atoms with Crippen LogP contribution in [-0.4, -0.2) is 24.5 Å². The average Bonchev–Trinajstić information content (AvgIpc) is 2.43. The van der Waals surface area contributed by atoms with Crippen LogP contribution in [0.1, 0.15) is 37.7 Å². The molecule has 1 aliphatic carbocycles. The lowest BCUT2D eigenvalue weighted by Crippen LogP contribution is -2.48. The third kappa shape index (κ3) is 1.91. The zero-order valence-electron chi connectivity index (χ0n) is 11.0. The SMILES string of the molecule is CCOC(=O)N1c2ccccc2[C@@H]2C[C@H]1CCC2=O. The van der Waals surface area contributed by atoms with Crippen molar-refractivity contribution in [3.63, 3.8) is 0 Å². The number of Topliss-reactive ketones (excluding diaryl/α,β-unsaturated/α-hetero) is 1. The number of anilines is 1. The van der Waals surface area contributed by atoms with Crippen LogP contribution in [0.2, 0.25) is 0 Å². The third-order valence-electron chi connectivity index (χ3n) is 4.02. The van der Waals surface area contributed by atoms with Gasteiger partial charge in [0, 0.05) is 18.4 Å². The Hall–Kier alpha value is -1.84. The van der Waals surface area contributed by atoms with Gasteiger partial charge in [0.2, 0.25) is 0 Å². The van der Waals surface area contributed by atoms with E-state index in [2.05, 4.69) is 0 Å². The summed E-state index contributed by atoms with van der Waals surface area (Å²) in [6, 6.07) is 7.77. The number of nitrogens with zero attached hydrogens (tertiary/aromatic N) is 1. The molecule has 2 bridgehead atoms. The van der Waals surface area contributed by atoms with Gasteiger partial charge in [0.1, 0.15) is 5.78 Å². The Balaban J connectivity index is 2.05. The van der Waals surface area contributed by atoms with Crippen LogP contribution in [0.3, 0.4) is 0 Å². The van der Waals surface area contributed by atoms with E-state index < -0.39 is 0 Å². The van der Waals surface area contributed by atoms with Crippen molar-refractivity contribution in [3.8, 4) is 0 Å². The molecule has 1 aromatic carbocycles. The van der Waals surface area contributed by atoms with Gasteiger partial charge in [0.15, 0.2) is 0 Å². The van der Waals surface area contributed by atoms with E-state index >= 15 is 0 Å². The van der Waals surface area contributed by atoms with Crippen LogP contribution in [0.15, 0.2) is 24.3 Å². The second kappa shape index (κ2) is 4.68. The molecule has 0 aromatic heterocycles. The van der Waals surface area contributed by atoms with Crippen molar-refractivity contribution in [1.82, 2.24) is 0 Å². The molecular formula is C15H17NO3. The molecule has 0 saturated heterocycles. The summed E-state index contributed by atoms with van der Waals surface area (Å²) in [4.78, 5) is 25.9. The second-order valence-corrected chi connectivity index (χ2v) is 5.07. The van der Waals surface area contributed by atoms with Gasteiger partial charge in [-0.25, -0.2) is 4.79 Å². The molecule has 2 atom stereocenters. The van der Waals surface area contributed by atoms with Crippen LogP contribution < -0.4 is 4.90 Å². The molecular weight excluding hydrogens is 242 g/mol. The minimum absolute atomic E-state index is 0.0411. The number of carbonyl (C=O) groups excluding carboxylic acids is 2. The van der Waals surface area contributed by atoms with Crippen LogP contribution in [0.4, 0.5) is 10.5 Å². The number of hydrogen-bond donors (Lipinski definition) is 0. The van der Waals surface area contributed by atoms with Gasteiger partial charge in [-0.05, 0) is 31.4 Å². The molecule has 1 fully saturated rings. The maximum atomic E-state index is 12.2. The summed E-state index contributed by atoms with van der Waals surface area (Å²) in [5.74, 6) is 0.257. The molecule has 1 heterocycles. The van der Waals surface area contributed by atoms with Gasteiger partial charge < -0.3 is 4.74 Å². The summed E-state index contributed by atoms with van der Waals surface area (Å²) >= 11 is 0. The number of carbonyl (C=O) groups is 2. The lowest BCUT2D eigenvalue weighted by atomic mass is 9.76. The quantitative estimate of drug-likeness (QED) is 0.779. The average molecular weight is 259 g/mol. The summed E-state index contributed by atoms with van der Waals surface area (Å²) in [5, 5.41) is 0. The van der Waals surface area contributed by atoms with E-state index in [9.17, 15) is 9.59 Å². The molecule has 0 radical (unpaired) electrons. The predicted molar refractivity (Wildman–Crippen MR) is 71.3 cm³/mol. The molecule has 4 nitrogen and oxygen atoms in total. The number of ketones is 1. The molecule has 19 heavy (non-hydrogen) atoms. The molecule has 1 saturated carbocycles. The van der Waals surface area contributed by atoms with Crippen molar-refractivity contribution in [2.24, 2.45) is 0 Å². The van der Waals surface area contributed by atoms with E-state index in [1.807, 2.05) is 24.3 Å². The highest BCUT2D eigenvalue weighted by Gasteiger charge is 2.42. The van der Waals surface area contributed by atoms with Crippen molar-refractivity contribution in [1.29, 1.82) is 0 Å². The molecule has 1 aromatic rings. The molecule has 4 heteroatoms. The van der Waals surface area contributed by atoms with Crippen molar-refractivity contribution >= 4 is 17.6 Å². The fourth-order valence-corrected chi connectivity index (χ4v) is 3.18. The first-order chi connectivity index (χ1) is 9.22. The predicted octanol–water partition coefficient (Wildman–Crippen LogP) is 2.87. The van der Waals surface area contributed by atoms with Crippen molar-refractivity contribution in [3.05, 3.63) is 29.8 Å². The maximum absolute atomic E-state index is 12.2. The first-order valence-corrected chi connectivity index (χ1v) is 6.80. The highest BCUT2D eigenvalue weighted by atomic mass is 16.6. The van der Waals surface area contributed by atoms with Gasteiger partial charge in [0.05, 0.1) is 12.3 Å². The Morgan fingerprint density at radius 3 is 3.00 bits per heavy atom. The third-order valence-corrected chi connectivity index (χ3v) is 4.02.